The molecule has 2 aromatic rings. The van der Waals surface area contributed by atoms with E-state index in [9.17, 15) is 13.6 Å². The molecule has 2 aromatic heterocycles. The van der Waals surface area contributed by atoms with E-state index in [1.165, 1.54) is 6.20 Å². The predicted molar refractivity (Wildman–Crippen MR) is 51.5 cm³/mol. The number of carbonyl (C=O) groups is 1. The van der Waals surface area contributed by atoms with Gasteiger partial charge < -0.3 is 9.51 Å². The van der Waals surface area contributed by atoms with Crippen molar-refractivity contribution in [1.82, 2.24) is 9.38 Å². The van der Waals surface area contributed by atoms with Gasteiger partial charge in [-0.05, 0) is 12.1 Å². The molecule has 0 saturated heterocycles. The molecule has 0 aliphatic heterocycles. The number of nitrogens with zero attached hydrogens (tertiary/aromatic N) is 2. The Morgan fingerprint density at radius 3 is 2.88 bits per heavy atom. The number of imidazole rings is 1. The molecule has 0 atom stereocenters. The summed E-state index contributed by atoms with van der Waals surface area (Å²) >= 11 is 0. The number of halogens is 2. The average molecular weight is 226 g/mol. The van der Waals surface area contributed by atoms with Gasteiger partial charge in [0, 0.05) is 12.4 Å². The van der Waals surface area contributed by atoms with Gasteiger partial charge in [0.2, 0.25) is 0 Å². The minimum absolute atomic E-state index is 0.0543. The summed E-state index contributed by atoms with van der Waals surface area (Å²) in [5, 5.41) is 8.29. The summed E-state index contributed by atoms with van der Waals surface area (Å²) in [4.78, 5) is 14.2. The van der Waals surface area contributed by atoms with Crippen LogP contribution in [0.3, 0.4) is 0 Å². The number of hydrogen-bond donors (Lipinski definition) is 1. The van der Waals surface area contributed by atoms with Crippen LogP contribution in [0.1, 0.15) is 5.69 Å². The van der Waals surface area contributed by atoms with Crippen LogP contribution in [0.2, 0.25) is 0 Å². The molecule has 0 fully saturated rings. The Hall–Kier alpha value is -1.98. The highest BCUT2D eigenvalue weighted by molar-refractivity contribution is 5.75. The van der Waals surface area contributed by atoms with Gasteiger partial charge in [-0.3, -0.25) is 0 Å². The summed E-state index contributed by atoms with van der Waals surface area (Å²) in [7, 11) is 0. The van der Waals surface area contributed by atoms with Crippen LogP contribution in [0, 0.1) is 0 Å². The monoisotopic (exact) mass is 226 g/mol. The van der Waals surface area contributed by atoms with Gasteiger partial charge >= 0.3 is 11.9 Å². The molecule has 0 unspecified atom stereocenters. The van der Waals surface area contributed by atoms with Crippen LogP contribution < -0.4 is 0 Å². The second-order valence-corrected chi connectivity index (χ2v) is 3.38. The number of pyridine rings is 1. The van der Waals surface area contributed by atoms with Crippen LogP contribution in [0.15, 0.2) is 30.6 Å². The lowest BCUT2D eigenvalue weighted by Gasteiger charge is -2.07. The van der Waals surface area contributed by atoms with Gasteiger partial charge in [-0.25, -0.2) is 9.78 Å². The van der Waals surface area contributed by atoms with E-state index in [1.54, 1.807) is 28.8 Å². The zero-order valence-electron chi connectivity index (χ0n) is 8.10. The lowest BCUT2D eigenvalue weighted by atomic mass is 10.2. The van der Waals surface area contributed by atoms with E-state index in [0.717, 1.165) is 0 Å². The highest BCUT2D eigenvalue weighted by Gasteiger charge is 2.39. The number of hydrogen-bond acceptors (Lipinski definition) is 2. The maximum absolute atomic E-state index is 12.9. The van der Waals surface area contributed by atoms with E-state index in [1.807, 2.05) is 0 Å². The Bertz CT molecular complexity index is 503. The number of carboxylic acids is 1. The maximum atomic E-state index is 12.9. The molecule has 6 heteroatoms. The Kier molecular flexibility index (Phi) is 2.34. The molecule has 84 valence electrons. The number of rotatable bonds is 3. The van der Waals surface area contributed by atoms with Crippen LogP contribution >= 0.6 is 0 Å². The van der Waals surface area contributed by atoms with Crippen molar-refractivity contribution in [3.63, 3.8) is 0 Å². The normalized spacial score (nSPS) is 11.9. The van der Waals surface area contributed by atoms with Crippen molar-refractivity contribution >= 4 is 11.6 Å². The first-order valence-electron chi connectivity index (χ1n) is 4.53. The SMILES string of the molecule is O=C(O)C(F)(F)Cc1cn2ccccc2n1. The number of fused-ring (bicyclic) bond motifs is 1. The molecule has 0 aromatic carbocycles. The standard InChI is InChI=1S/C10H8F2N2O2/c11-10(12,9(15)16)5-7-6-14-4-2-1-3-8(14)13-7/h1-4,6H,5H2,(H,15,16). The van der Waals surface area contributed by atoms with E-state index < -0.39 is 18.3 Å². The molecule has 4 nitrogen and oxygen atoms in total. The van der Waals surface area contributed by atoms with Crippen molar-refractivity contribution in [2.75, 3.05) is 0 Å². The molecule has 0 radical (unpaired) electrons. The molecule has 2 rings (SSSR count). The minimum Gasteiger partial charge on any atom is -0.477 e. The van der Waals surface area contributed by atoms with E-state index >= 15 is 0 Å². The Morgan fingerprint density at radius 1 is 1.50 bits per heavy atom. The summed E-state index contributed by atoms with van der Waals surface area (Å²) in [5.41, 5.74) is 0.567. The lowest BCUT2D eigenvalue weighted by Crippen LogP contribution is -2.30. The van der Waals surface area contributed by atoms with Crippen molar-refractivity contribution in [3.8, 4) is 0 Å². The third-order valence-corrected chi connectivity index (χ3v) is 2.13. The van der Waals surface area contributed by atoms with Gasteiger partial charge in [0.15, 0.2) is 0 Å². The van der Waals surface area contributed by atoms with Gasteiger partial charge in [-0.1, -0.05) is 6.07 Å². The molecule has 2 heterocycles. The fourth-order valence-electron chi connectivity index (χ4n) is 1.38. The van der Waals surface area contributed by atoms with Crippen molar-refractivity contribution in [2.45, 2.75) is 12.3 Å². The Labute approximate surface area is 89.2 Å². The van der Waals surface area contributed by atoms with Crippen molar-refractivity contribution in [2.24, 2.45) is 0 Å². The van der Waals surface area contributed by atoms with Gasteiger partial charge in [-0.2, -0.15) is 8.78 Å². The predicted octanol–water partition coefficient (Wildman–Crippen LogP) is 1.60. The van der Waals surface area contributed by atoms with E-state index in [2.05, 4.69) is 4.98 Å². The summed E-state index contributed by atoms with van der Waals surface area (Å²) in [6.07, 6.45) is 2.15. The Balaban J connectivity index is 2.32. The van der Waals surface area contributed by atoms with Crippen LogP contribution in [-0.2, 0) is 11.2 Å². The maximum Gasteiger partial charge on any atom is 0.374 e. The number of aromatic nitrogens is 2. The fourth-order valence-corrected chi connectivity index (χ4v) is 1.38. The molecule has 0 amide bonds. The van der Waals surface area contributed by atoms with Gasteiger partial charge in [0.25, 0.3) is 0 Å². The molecule has 0 bridgehead atoms. The second-order valence-electron chi connectivity index (χ2n) is 3.38. The van der Waals surface area contributed by atoms with Crippen molar-refractivity contribution in [3.05, 3.63) is 36.3 Å². The molecule has 0 saturated carbocycles. The first-order valence-corrected chi connectivity index (χ1v) is 4.53. The molecule has 0 aliphatic carbocycles. The summed E-state index contributed by atoms with van der Waals surface area (Å²) in [6, 6.07) is 5.11. The summed E-state index contributed by atoms with van der Waals surface area (Å²) < 4.78 is 27.4. The van der Waals surface area contributed by atoms with E-state index in [4.69, 9.17) is 5.11 Å². The molecule has 1 N–H and O–H groups in total. The highest BCUT2D eigenvalue weighted by Crippen LogP contribution is 2.20. The third kappa shape index (κ3) is 1.86. The zero-order chi connectivity index (χ0) is 11.8. The average Bonchev–Trinajstić information content (AvgIpc) is 2.58. The first-order chi connectivity index (χ1) is 7.49. The first kappa shape index (κ1) is 10.5. The fraction of sp³-hybridized carbons (Fsp3) is 0.200. The van der Waals surface area contributed by atoms with E-state index in [-0.39, 0.29) is 5.69 Å². The van der Waals surface area contributed by atoms with Crippen LogP contribution in [0.5, 0.6) is 0 Å². The summed E-state index contributed by atoms with van der Waals surface area (Å²) in [6.45, 7) is 0. The molecular weight excluding hydrogens is 218 g/mol. The molecule has 16 heavy (non-hydrogen) atoms. The highest BCUT2D eigenvalue weighted by atomic mass is 19.3. The zero-order valence-corrected chi connectivity index (χ0v) is 8.10. The molecule has 0 spiro atoms. The smallest absolute Gasteiger partial charge is 0.374 e. The largest absolute Gasteiger partial charge is 0.477 e. The summed E-state index contributed by atoms with van der Waals surface area (Å²) in [5.74, 6) is -5.91. The quantitative estimate of drug-likeness (QED) is 0.864. The van der Waals surface area contributed by atoms with Crippen LogP contribution in [-0.4, -0.2) is 26.4 Å². The van der Waals surface area contributed by atoms with Gasteiger partial charge in [0.05, 0.1) is 12.1 Å². The van der Waals surface area contributed by atoms with Crippen molar-refractivity contribution < 1.29 is 18.7 Å². The number of carboxylic acid groups (broad SMARTS) is 1. The number of alkyl halides is 2. The molecular formula is C10H8F2N2O2. The van der Waals surface area contributed by atoms with E-state index in [0.29, 0.717) is 5.65 Å². The second kappa shape index (κ2) is 3.55. The third-order valence-electron chi connectivity index (χ3n) is 2.13. The van der Waals surface area contributed by atoms with Gasteiger partial charge in [-0.15, -0.1) is 0 Å². The topological polar surface area (TPSA) is 54.6 Å². The Morgan fingerprint density at radius 2 is 2.25 bits per heavy atom. The van der Waals surface area contributed by atoms with Crippen LogP contribution in [0.4, 0.5) is 8.78 Å². The van der Waals surface area contributed by atoms with Gasteiger partial charge in [0.1, 0.15) is 5.65 Å². The minimum atomic E-state index is -3.78. The van der Waals surface area contributed by atoms with Crippen molar-refractivity contribution in [1.29, 1.82) is 0 Å². The number of aliphatic carboxylic acids is 1. The lowest BCUT2D eigenvalue weighted by molar-refractivity contribution is -0.164. The molecule has 0 aliphatic rings. The van der Waals surface area contributed by atoms with Crippen LogP contribution in [0.25, 0.3) is 5.65 Å².